The fraction of sp³-hybridized carbons (Fsp3) is 0.870. The van der Waals surface area contributed by atoms with E-state index in [-0.39, 0.29) is 38.8 Å². The zero-order valence-corrected chi connectivity index (χ0v) is 44.3. The molecule has 5 amide bonds. The van der Waals surface area contributed by atoms with E-state index < -0.39 is 144 Å². The summed E-state index contributed by atoms with van der Waals surface area (Å²) in [4.78, 5) is 77.7. The minimum Gasteiger partial charge on any atom is -0.444 e. The molecule has 27 heteroatoms. The molecule has 4 rings (SSSR count). The Bertz CT molecular complexity index is 1820. The minimum absolute atomic E-state index is 0.0382. The zero-order valence-electron chi connectivity index (χ0n) is 44.3. The van der Waals surface area contributed by atoms with Crippen LogP contribution in [0.25, 0.3) is 0 Å². The van der Waals surface area contributed by atoms with Gasteiger partial charge < -0.3 is 94.1 Å². The van der Waals surface area contributed by atoms with Gasteiger partial charge in [-0.2, -0.15) is 0 Å². The lowest BCUT2D eigenvalue weighted by atomic mass is 9.83. The van der Waals surface area contributed by atoms with Crippen molar-refractivity contribution in [2.75, 3.05) is 13.2 Å². The topological polar surface area (TPSA) is 365 Å². The molecule has 10 N–H and O–H groups in total. The van der Waals surface area contributed by atoms with Crippen LogP contribution >= 0.6 is 0 Å². The largest absolute Gasteiger partial charge is 0.444 e. The smallest absolute Gasteiger partial charge is 0.408 e. The van der Waals surface area contributed by atoms with Crippen molar-refractivity contribution in [1.29, 1.82) is 0 Å². The maximum absolute atomic E-state index is 13.9. The molecule has 422 valence electrons. The highest BCUT2D eigenvalue weighted by molar-refractivity contribution is 5.81. The van der Waals surface area contributed by atoms with Gasteiger partial charge in [0.15, 0.2) is 18.4 Å². The molecule has 0 aromatic carbocycles. The molecule has 0 radical (unpaired) electrons. The summed E-state index contributed by atoms with van der Waals surface area (Å²) >= 11 is 0. The van der Waals surface area contributed by atoms with Crippen LogP contribution in [0.15, 0.2) is 0 Å². The number of carbonyl (C=O) groups is 6. The van der Waals surface area contributed by atoms with Gasteiger partial charge in [-0.1, -0.05) is 5.04 Å². The third kappa shape index (κ3) is 21.5. The number of fused-ring (bicyclic) bond motifs is 1. The van der Waals surface area contributed by atoms with Crippen LogP contribution in [-0.4, -0.2) is 189 Å². The Morgan fingerprint density at radius 2 is 1.15 bits per heavy atom. The first kappa shape index (κ1) is 63.0. The van der Waals surface area contributed by atoms with Gasteiger partial charge in [-0.05, 0) is 123 Å². The first-order valence-corrected chi connectivity index (χ1v) is 24.2. The fourth-order valence-corrected chi connectivity index (χ4v) is 8.08. The lowest BCUT2D eigenvalue weighted by Crippen LogP contribution is -2.72. The lowest BCUT2D eigenvalue weighted by Gasteiger charge is -2.52. The standard InChI is InChI=1S/C46H79N5O19.H2O3/c1-42(2,3)67-38(57)47-19-17-27(53)35(56)48-25-21-26(50-40(59)69-44(7,8)9)33(64-36-24(16-15-23(62-36)18-20-52)49-39(58)68-43(4,5)6)31(55)32(25)65-37-30(54)29(51-41(60)70-45(10,11)12)34-28(63-37)22-61-46(13,14)66-34;1-3-2/h20,23-34,36-37,53-55H,15-19,21-22H2,1-14H3,(H,47,57)(H,48,56)(H,49,58)(H,50,59)(H,51,60);1-2H/t23?,24?,25-,26-,27+,28?,29-,30?,31?,32+,33?,34-,36-,37-;/m1./s1. The zero-order chi connectivity index (χ0) is 55.4. The van der Waals surface area contributed by atoms with Crippen LogP contribution in [0.1, 0.15) is 129 Å². The number of hydrogen-bond donors (Lipinski definition) is 10. The van der Waals surface area contributed by atoms with E-state index in [0.717, 1.165) is 0 Å². The Labute approximate surface area is 425 Å². The number of rotatable bonds is 14. The Morgan fingerprint density at radius 3 is 1.67 bits per heavy atom. The highest BCUT2D eigenvalue weighted by Gasteiger charge is 2.56. The average Bonchev–Trinajstić information content (AvgIpc) is 3.20. The molecule has 3 heterocycles. The summed E-state index contributed by atoms with van der Waals surface area (Å²) < 4.78 is 59.4. The van der Waals surface area contributed by atoms with Crippen LogP contribution in [0.5, 0.6) is 0 Å². The highest BCUT2D eigenvalue weighted by atomic mass is 17.4. The van der Waals surface area contributed by atoms with Gasteiger partial charge in [-0.25, -0.2) is 29.7 Å². The molecule has 3 aliphatic heterocycles. The van der Waals surface area contributed by atoms with E-state index in [2.05, 4.69) is 31.6 Å². The maximum Gasteiger partial charge on any atom is 0.408 e. The van der Waals surface area contributed by atoms with E-state index in [4.69, 9.17) is 57.9 Å². The van der Waals surface area contributed by atoms with E-state index >= 15 is 0 Å². The van der Waals surface area contributed by atoms with Crippen molar-refractivity contribution < 1.29 is 107 Å². The number of aliphatic hydroxyl groups is 3. The monoisotopic (exact) mass is 1060 g/mol. The molecule has 73 heavy (non-hydrogen) atoms. The third-order valence-corrected chi connectivity index (χ3v) is 10.9. The Balaban J connectivity index is 0.00000457. The molecule has 0 aromatic rings. The van der Waals surface area contributed by atoms with Crippen molar-refractivity contribution in [1.82, 2.24) is 26.6 Å². The molecule has 1 saturated carbocycles. The second-order valence-electron chi connectivity index (χ2n) is 22.5. The van der Waals surface area contributed by atoms with Crippen molar-refractivity contribution in [2.24, 2.45) is 0 Å². The predicted molar refractivity (Wildman–Crippen MR) is 251 cm³/mol. The summed E-state index contributed by atoms with van der Waals surface area (Å²) in [6.07, 6.45) is -17.2. The van der Waals surface area contributed by atoms with E-state index in [1.165, 1.54) is 0 Å². The van der Waals surface area contributed by atoms with Crippen LogP contribution in [0.2, 0.25) is 0 Å². The summed E-state index contributed by atoms with van der Waals surface area (Å²) in [6, 6.07) is -4.80. The van der Waals surface area contributed by atoms with Crippen molar-refractivity contribution in [3.63, 3.8) is 0 Å². The van der Waals surface area contributed by atoms with Gasteiger partial charge in [-0.15, -0.1) is 0 Å². The molecule has 27 nitrogen and oxygen atoms in total. The van der Waals surface area contributed by atoms with Gasteiger partial charge in [0.25, 0.3) is 0 Å². The van der Waals surface area contributed by atoms with E-state index in [1.54, 1.807) is 96.9 Å². The number of amides is 5. The van der Waals surface area contributed by atoms with Crippen molar-refractivity contribution in [3.05, 3.63) is 0 Å². The second kappa shape index (κ2) is 26.5. The van der Waals surface area contributed by atoms with Gasteiger partial charge in [0.1, 0.15) is 71.4 Å². The van der Waals surface area contributed by atoms with Crippen molar-refractivity contribution in [3.8, 4) is 0 Å². The SMILES string of the molecule is CC(C)(C)OC(=O)NCC[C@H](O)C(=O)N[C@@H]1C[C@@H](NC(=O)OC(C)(C)C)C(O[C@H]2OC(CC=O)CCC2NC(=O)OC(C)(C)C)C(O)[C@H]1O[C@H]1OC2COC(C)(C)O[C@H]2[C@H](NC(=O)OC(C)(C)C)C1O.OOO. The number of ether oxygens (including phenoxy) is 10. The first-order valence-electron chi connectivity index (χ1n) is 24.2. The Hall–Kier alpha value is -4.26. The van der Waals surface area contributed by atoms with Gasteiger partial charge in [0.2, 0.25) is 5.91 Å². The Kier molecular flexibility index (Phi) is 22.9. The fourth-order valence-electron chi connectivity index (χ4n) is 8.08. The molecule has 4 aliphatic rings. The molecule has 4 fully saturated rings. The number of aldehydes is 1. The number of hydrogen-bond acceptors (Lipinski definition) is 22. The summed E-state index contributed by atoms with van der Waals surface area (Å²) in [5, 5.41) is 64.5. The quantitative estimate of drug-likeness (QED) is 0.0516. The lowest BCUT2D eigenvalue weighted by molar-refractivity contribution is -0.465. The molecule has 0 aromatic heterocycles. The van der Waals surface area contributed by atoms with Crippen LogP contribution < -0.4 is 26.6 Å². The summed E-state index contributed by atoms with van der Waals surface area (Å²) in [6.45, 7) is 22.9. The molecule has 6 unspecified atom stereocenters. The molecular formula is C46H81N5O22. The van der Waals surface area contributed by atoms with Gasteiger partial charge >= 0.3 is 24.4 Å². The normalized spacial score (nSPS) is 30.8. The molecule has 1 aliphatic carbocycles. The number of nitrogens with one attached hydrogen (secondary N) is 5. The van der Waals surface area contributed by atoms with Gasteiger partial charge in [0.05, 0.1) is 36.9 Å². The van der Waals surface area contributed by atoms with Gasteiger partial charge in [-0.3, -0.25) is 4.79 Å². The second-order valence-corrected chi connectivity index (χ2v) is 22.5. The highest BCUT2D eigenvalue weighted by Crippen LogP contribution is 2.37. The number of aliphatic hydroxyl groups excluding tert-OH is 3. The number of carbonyl (C=O) groups excluding carboxylic acids is 6. The van der Waals surface area contributed by atoms with E-state index in [1.807, 2.05) is 0 Å². The molecule has 3 saturated heterocycles. The molecule has 0 spiro atoms. The van der Waals surface area contributed by atoms with Gasteiger partial charge in [0, 0.05) is 13.0 Å². The van der Waals surface area contributed by atoms with Crippen molar-refractivity contribution in [2.45, 2.75) is 243 Å². The predicted octanol–water partition coefficient (Wildman–Crippen LogP) is 2.24. The maximum atomic E-state index is 13.9. The van der Waals surface area contributed by atoms with Crippen LogP contribution in [-0.2, 0) is 62.0 Å². The molecule has 14 atom stereocenters. The summed E-state index contributed by atoms with van der Waals surface area (Å²) in [7, 11) is 0. The molecule has 0 bridgehead atoms. The summed E-state index contributed by atoms with van der Waals surface area (Å²) in [5.41, 5.74) is -3.63. The first-order chi connectivity index (χ1) is 33.5. The van der Waals surface area contributed by atoms with Crippen LogP contribution in [0, 0.1) is 0 Å². The number of alkyl carbamates (subject to hydrolysis) is 4. The van der Waals surface area contributed by atoms with Crippen LogP contribution in [0.3, 0.4) is 0 Å². The van der Waals surface area contributed by atoms with Crippen molar-refractivity contribution >= 4 is 36.6 Å². The summed E-state index contributed by atoms with van der Waals surface area (Å²) in [5.74, 6) is -2.15. The average molecular weight is 1060 g/mol. The van der Waals surface area contributed by atoms with E-state index in [9.17, 15) is 44.1 Å². The van der Waals surface area contributed by atoms with E-state index in [0.29, 0.717) is 12.7 Å². The third-order valence-electron chi connectivity index (χ3n) is 10.9. The Morgan fingerprint density at radius 1 is 0.671 bits per heavy atom. The minimum atomic E-state index is -1.90. The molecular weight excluding hydrogens is 975 g/mol. The van der Waals surface area contributed by atoms with Crippen LogP contribution in [0.4, 0.5) is 19.2 Å².